The van der Waals surface area contributed by atoms with Crippen LogP contribution >= 0.6 is 0 Å². The number of hydrogen-bond donors (Lipinski definition) is 1. The summed E-state index contributed by atoms with van der Waals surface area (Å²) in [4.78, 5) is 31.7. The summed E-state index contributed by atoms with van der Waals surface area (Å²) in [5.41, 5.74) is 3.66. The molecule has 1 fully saturated rings. The lowest BCUT2D eigenvalue weighted by molar-refractivity contribution is -0.132. The van der Waals surface area contributed by atoms with Crippen LogP contribution in [-0.2, 0) is 22.4 Å². The van der Waals surface area contributed by atoms with Gasteiger partial charge in [0.2, 0.25) is 11.8 Å². The van der Waals surface area contributed by atoms with Crippen molar-refractivity contribution in [1.29, 1.82) is 0 Å². The van der Waals surface area contributed by atoms with Gasteiger partial charge in [0.05, 0.1) is 11.8 Å². The molecule has 31 heavy (non-hydrogen) atoms. The number of likely N-dealkylation sites (tertiary alicyclic amines) is 1. The first kappa shape index (κ1) is 20.8. The predicted octanol–water partition coefficient (Wildman–Crippen LogP) is 3.50. The summed E-state index contributed by atoms with van der Waals surface area (Å²) in [6.07, 6.45) is 4.98. The van der Waals surface area contributed by atoms with Crippen molar-refractivity contribution in [3.8, 4) is 11.1 Å². The zero-order valence-electron chi connectivity index (χ0n) is 17.8. The van der Waals surface area contributed by atoms with E-state index in [9.17, 15) is 9.59 Å². The van der Waals surface area contributed by atoms with E-state index in [2.05, 4.69) is 40.6 Å². The molecule has 3 aromatic rings. The number of nitrogens with one attached hydrogen (secondary N) is 1. The Hall–Kier alpha value is -3.47. The molecule has 2 heterocycles. The standard InChI is InChI=1S/C26H27N3O2/c1-27-25(31)26(12-14-29(19-26)24(30)16-21-8-6-13-28-18-21)17-20-7-5-11-23(15-20)22-9-3-2-4-10-22/h2-11,13,15,18H,12,14,16-17,19H2,1H3,(H,27,31)/t26-/m0/s1. The Bertz CT molecular complexity index is 1050. The van der Waals surface area contributed by atoms with E-state index in [1.807, 2.05) is 41.3 Å². The van der Waals surface area contributed by atoms with Gasteiger partial charge in [-0.05, 0) is 41.2 Å². The van der Waals surface area contributed by atoms with E-state index in [4.69, 9.17) is 0 Å². The first-order valence-corrected chi connectivity index (χ1v) is 10.6. The van der Waals surface area contributed by atoms with Crippen molar-refractivity contribution in [2.24, 2.45) is 5.41 Å². The number of carbonyl (C=O) groups excluding carboxylic acids is 2. The van der Waals surface area contributed by atoms with Gasteiger partial charge in [-0.25, -0.2) is 0 Å². The van der Waals surface area contributed by atoms with Gasteiger partial charge in [-0.15, -0.1) is 0 Å². The molecule has 2 aromatic carbocycles. The summed E-state index contributed by atoms with van der Waals surface area (Å²) >= 11 is 0. The first-order valence-electron chi connectivity index (χ1n) is 10.6. The molecule has 158 valence electrons. The largest absolute Gasteiger partial charge is 0.359 e. The molecule has 0 spiro atoms. The van der Waals surface area contributed by atoms with Crippen LogP contribution in [0.5, 0.6) is 0 Å². The smallest absolute Gasteiger partial charge is 0.228 e. The predicted molar refractivity (Wildman–Crippen MR) is 121 cm³/mol. The molecule has 4 rings (SSSR count). The van der Waals surface area contributed by atoms with Crippen molar-refractivity contribution in [2.75, 3.05) is 20.1 Å². The summed E-state index contributed by atoms with van der Waals surface area (Å²) in [5, 5.41) is 2.84. The van der Waals surface area contributed by atoms with Gasteiger partial charge in [-0.3, -0.25) is 14.6 Å². The molecule has 0 radical (unpaired) electrons. The summed E-state index contributed by atoms with van der Waals surface area (Å²) < 4.78 is 0. The molecule has 5 nitrogen and oxygen atoms in total. The second kappa shape index (κ2) is 9.13. The van der Waals surface area contributed by atoms with Crippen LogP contribution in [0.2, 0.25) is 0 Å². The molecule has 0 saturated carbocycles. The van der Waals surface area contributed by atoms with Crippen molar-refractivity contribution in [1.82, 2.24) is 15.2 Å². The molecule has 1 atom stereocenters. The topological polar surface area (TPSA) is 62.3 Å². The molecule has 2 amide bonds. The maximum absolute atomic E-state index is 13.0. The molecular weight excluding hydrogens is 386 g/mol. The molecule has 1 N–H and O–H groups in total. The third kappa shape index (κ3) is 4.66. The average Bonchev–Trinajstić information content (AvgIpc) is 3.25. The Balaban J connectivity index is 1.53. The number of amides is 2. The van der Waals surface area contributed by atoms with Gasteiger partial charge in [-0.2, -0.15) is 0 Å². The van der Waals surface area contributed by atoms with Gasteiger partial charge in [0, 0.05) is 32.5 Å². The minimum atomic E-state index is -0.616. The quantitative estimate of drug-likeness (QED) is 0.673. The average molecular weight is 414 g/mol. The lowest BCUT2D eigenvalue weighted by Crippen LogP contribution is -2.44. The van der Waals surface area contributed by atoms with Gasteiger partial charge in [0.1, 0.15) is 0 Å². The van der Waals surface area contributed by atoms with Crippen molar-refractivity contribution in [3.63, 3.8) is 0 Å². The van der Waals surface area contributed by atoms with E-state index in [1.165, 1.54) is 0 Å². The van der Waals surface area contributed by atoms with Gasteiger partial charge in [0.15, 0.2) is 0 Å². The van der Waals surface area contributed by atoms with Gasteiger partial charge in [-0.1, -0.05) is 60.7 Å². The molecule has 1 aliphatic heterocycles. The van der Waals surface area contributed by atoms with E-state index in [-0.39, 0.29) is 11.8 Å². The monoisotopic (exact) mass is 413 g/mol. The highest BCUT2D eigenvalue weighted by molar-refractivity contribution is 5.86. The molecule has 1 saturated heterocycles. The van der Waals surface area contributed by atoms with Crippen LogP contribution in [0.3, 0.4) is 0 Å². The Morgan fingerprint density at radius 3 is 2.52 bits per heavy atom. The second-order valence-electron chi connectivity index (χ2n) is 8.21. The van der Waals surface area contributed by atoms with Crippen LogP contribution in [0, 0.1) is 5.41 Å². The molecule has 0 bridgehead atoms. The first-order chi connectivity index (χ1) is 15.1. The van der Waals surface area contributed by atoms with Gasteiger partial charge >= 0.3 is 0 Å². The normalized spacial score (nSPS) is 18.0. The van der Waals surface area contributed by atoms with Crippen LogP contribution < -0.4 is 5.32 Å². The summed E-state index contributed by atoms with van der Waals surface area (Å²) in [7, 11) is 1.67. The number of carbonyl (C=O) groups is 2. The van der Waals surface area contributed by atoms with E-state index in [1.54, 1.807) is 19.4 Å². The summed E-state index contributed by atoms with van der Waals surface area (Å²) in [6, 6.07) is 22.3. The lowest BCUT2D eigenvalue weighted by atomic mass is 9.79. The highest BCUT2D eigenvalue weighted by atomic mass is 16.2. The highest BCUT2D eigenvalue weighted by Crippen LogP contribution is 2.36. The Morgan fingerprint density at radius 1 is 1.00 bits per heavy atom. The van der Waals surface area contributed by atoms with Gasteiger partial charge < -0.3 is 10.2 Å². The number of hydrogen-bond acceptors (Lipinski definition) is 3. The van der Waals surface area contributed by atoms with Crippen molar-refractivity contribution < 1.29 is 9.59 Å². The zero-order chi connectivity index (χ0) is 21.7. The minimum Gasteiger partial charge on any atom is -0.359 e. The molecular formula is C26H27N3O2. The molecule has 0 unspecified atom stereocenters. The number of nitrogens with zero attached hydrogens (tertiary/aromatic N) is 2. The van der Waals surface area contributed by atoms with Crippen LogP contribution in [0.1, 0.15) is 17.5 Å². The maximum Gasteiger partial charge on any atom is 0.228 e. The SMILES string of the molecule is CNC(=O)[C@]1(Cc2cccc(-c3ccccc3)c2)CCN(C(=O)Cc2cccnc2)C1. The number of benzene rings is 2. The van der Waals surface area contributed by atoms with Crippen molar-refractivity contribution in [2.45, 2.75) is 19.3 Å². The van der Waals surface area contributed by atoms with Crippen molar-refractivity contribution in [3.05, 3.63) is 90.3 Å². The van der Waals surface area contributed by atoms with Crippen LogP contribution in [0.4, 0.5) is 0 Å². The molecule has 0 aliphatic carbocycles. The number of pyridine rings is 1. The summed E-state index contributed by atoms with van der Waals surface area (Å²) in [6.45, 7) is 1.02. The lowest BCUT2D eigenvalue weighted by Gasteiger charge is -2.28. The van der Waals surface area contributed by atoms with E-state index >= 15 is 0 Å². The number of rotatable bonds is 6. The Labute approximate surface area is 183 Å². The van der Waals surface area contributed by atoms with Crippen LogP contribution in [0.25, 0.3) is 11.1 Å². The molecule has 1 aliphatic rings. The number of aromatic nitrogens is 1. The Kier molecular flexibility index (Phi) is 6.12. The van der Waals surface area contributed by atoms with Gasteiger partial charge in [0.25, 0.3) is 0 Å². The molecule has 5 heteroatoms. The van der Waals surface area contributed by atoms with E-state index in [0.717, 1.165) is 22.3 Å². The van der Waals surface area contributed by atoms with Crippen LogP contribution in [-0.4, -0.2) is 41.8 Å². The highest BCUT2D eigenvalue weighted by Gasteiger charge is 2.45. The fraction of sp³-hybridized carbons (Fsp3) is 0.269. The van der Waals surface area contributed by atoms with Crippen molar-refractivity contribution >= 4 is 11.8 Å². The third-order valence-electron chi connectivity index (χ3n) is 6.07. The van der Waals surface area contributed by atoms with E-state index in [0.29, 0.717) is 32.4 Å². The Morgan fingerprint density at radius 2 is 1.77 bits per heavy atom. The molecule has 1 aromatic heterocycles. The summed E-state index contributed by atoms with van der Waals surface area (Å²) in [5.74, 6) is 0.0334. The second-order valence-corrected chi connectivity index (χ2v) is 8.21. The fourth-order valence-corrected chi connectivity index (χ4v) is 4.43. The van der Waals surface area contributed by atoms with Crippen LogP contribution in [0.15, 0.2) is 79.1 Å². The minimum absolute atomic E-state index is 0.00529. The third-order valence-corrected chi connectivity index (χ3v) is 6.07. The fourth-order valence-electron chi connectivity index (χ4n) is 4.43. The van der Waals surface area contributed by atoms with E-state index < -0.39 is 5.41 Å². The zero-order valence-corrected chi connectivity index (χ0v) is 17.8. The maximum atomic E-state index is 13.0.